The van der Waals surface area contributed by atoms with E-state index in [0.29, 0.717) is 6.42 Å². The van der Waals surface area contributed by atoms with E-state index in [4.69, 9.17) is 0 Å². The van der Waals surface area contributed by atoms with Gasteiger partial charge in [0, 0.05) is 6.42 Å². The van der Waals surface area contributed by atoms with Gasteiger partial charge in [0.2, 0.25) is 0 Å². The number of carbonyl (C=O) groups is 1. The lowest BCUT2D eigenvalue weighted by atomic mass is 9.76. The first-order chi connectivity index (χ1) is 9.00. The molecule has 0 radical (unpaired) electrons. The maximum atomic E-state index is 12.2. The molecule has 1 aliphatic carbocycles. The molecule has 0 saturated heterocycles. The summed E-state index contributed by atoms with van der Waals surface area (Å²) in [6.07, 6.45) is 2.24. The average molecular weight is 319 g/mol. The van der Waals surface area contributed by atoms with Crippen LogP contribution in [0.15, 0.2) is 36.5 Å². The number of fused-ring (bicyclic) bond motifs is 1. The Kier molecular flexibility index (Phi) is 2.86. The molecule has 0 unspecified atom stereocenters. The van der Waals surface area contributed by atoms with Crippen molar-refractivity contribution < 1.29 is 4.79 Å². The molecule has 0 amide bonds. The number of rotatable bonds is 1. The van der Waals surface area contributed by atoms with Crippen LogP contribution in [0.25, 0.3) is 5.69 Å². The molecule has 0 N–H and O–H groups in total. The van der Waals surface area contributed by atoms with E-state index in [0.717, 1.165) is 16.9 Å². The fraction of sp³-hybridized carbons (Fsp3) is 0.333. The third-order valence-corrected chi connectivity index (χ3v) is 5.32. The first kappa shape index (κ1) is 12.6. The normalized spacial score (nSPS) is 21.2. The van der Waals surface area contributed by atoms with Crippen molar-refractivity contribution in [1.82, 2.24) is 9.78 Å². The summed E-state index contributed by atoms with van der Waals surface area (Å²) in [7, 11) is 0. The van der Waals surface area contributed by atoms with Crippen molar-refractivity contribution in [2.24, 2.45) is 5.41 Å². The molecule has 0 aliphatic heterocycles. The van der Waals surface area contributed by atoms with Crippen LogP contribution in [0.5, 0.6) is 0 Å². The van der Waals surface area contributed by atoms with E-state index >= 15 is 0 Å². The zero-order valence-electron chi connectivity index (χ0n) is 10.9. The standard InChI is InChI=1S/C15H15BrN2O/c1-15(2)8-12(19)11-9-17-18(13(11)14(15)16)10-6-4-3-5-7-10/h3-7,9,14H,8H2,1-2H3/t14-/m1/s1. The van der Waals surface area contributed by atoms with Crippen LogP contribution >= 0.6 is 15.9 Å². The minimum atomic E-state index is -0.101. The summed E-state index contributed by atoms with van der Waals surface area (Å²) < 4.78 is 1.87. The van der Waals surface area contributed by atoms with Gasteiger partial charge < -0.3 is 0 Å². The quantitative estimate of drug-likeness (QED) is 0.747. The molecule has 1 aliphatic rings. The van der Waals surface area contributed by atoms with Gasteiger partial charge in [-0.15, -0.1) is 0 Å². The van der Waals surface area contributed by atoms with Crippen molar-refractivity contribution in [2.45, 2.75) is 25.1 Å². The van der Waals surface area contributed by atoms with E-state index in [1.165, 1.54) is 0 Å². The SMILES string of the molecule is CC1(C)CC(=O)c2cnn(-c3ccccc3)c2[C@H]1Br. The molecule has 1 aromatic carbocycles. The van der Waals surface area contributed by atoms with Gasteiger partial charge in [0.15, 0.2) is 5.78 Å². The molecule has 1 aromatic heterocycles. The smallest absolute Gasteiger partial charge is 0.166 e. The van der Waals surface area contributed by atoms with Crippen molar-refractivity contribution in [2.75, 3.05) is 0 Å². The zero-order chi connectivity index (χ0) is 13.6. The average Bonchev–Trinajstić information content (AvgIpc) is 2.82. The van der Waals surface area contributed by atoms with Crippen molar-refractivity contribution in [3.05, 3.63) is 47.8 Å². The molecule has 3 rings (SSSR count). The topological polar surface area (TPSA) is 34.9 Å². The van der Waals surface area contributed by atoms with Gasteiger partial charge in [-0.2, -0.15) is 5.10 Å². The maximum absolute atomic E-state index is 12.2. The maximum Gasteiger partial charge on any atom is 0.166 e. The first-order valence-corrected chi connectivity index (χ1v) is 7.23. The second kappa shape index (κ2) is 4.30. The van der Waals surface area contributed by atoms with Crippen molar-refractivity contribution >= 4 is 21.7 Å². The van der Waals surface area contributed by atoms with Gasteiger partial charge >= 0.3 is 0 Å². The number of nitrogens with zero attached hydrogens (tertiary/aromatic N) is 2. The van der Waals surface area contributed by atoms with E-state index < -0.39 is 0 Å². The van der Waals surface area contributed by atoms with E-state index in [2.05, 4.69) is 34.9 Å². The van der Waals surface area contributed by atoms with Crippen molar-refractivity contribution in [1.29, 1.82) is 0 Å². The summed E-state index contributed by atoms with van der Waals surface area (Å²) in [6.45, 7) is 4.21. The molecule has 98 valence electrons. The van der Waals surface area contributed by atoms with E-state index in [1.807, 2.05) is 35.0 Å². The van der Waals surface area contributed by atoms with Crippen LogP contribution in [0, 0.1) is 5.41 Å². The molecular weight excluding hydrogens is 304 g/mol. The summed E-state index contributed by atoms with van der Waals surface area (Å²) in [5.41, 5.74) is 2.59. The predicted molar refractivity (Wildman–Crippen MR) is 78.0 cm³/mol. The van der Waals surface area contributed by atoms with Crippen LogP contribution in [0.4, 0.5) is 0 Å². The summed E-state index contributed by atoms with van der Waals surface area (Å²) in [6, 6.07) is 9.92. The second-order valence-electron chi connectivity index (χ2n) is 5.64. The number of hydrogen-bond acceptors (Lipinski definition) is 2. The van der Waals surface area contributed by atoms with Crippen LogP contribution in [0.3, 0.4) is 0 Å². The second-order valence-corrected chi connectivity index (χ2v) is 6.56. The molecule has 0 spiro atoms. The lowest BCUT2D eigenvalue weighted by molar-refractivity contribution is 0.0910. The molecule has 0 fully saturated rings. The number of benzene rings is 1. The fourth-order valence-electron chi connectivity index (χ4n) is 2.56. The minimum Gasteiger partial charge on any atom is -0.294 e. The number of Topliss-reactive ketones (excluding diaryl/α,β-unsaturated/α-hetero) is 1. The Labute approximate surface area is 120 Å². The van der Waals surface area contributed by atoms with E-state index in [-0.39, 0.29) is 16.0 Å². The van der Waals surface area contributed by atoms with Crippen molar-refractivity contribution in [3.8, 4) is 5.69 Å². The van der Waals surface area contributed by atoms with Crippen LogP contribution in [-0.4, -0.2) is 15.6 Å². The number of carbonyl (C=O) groups excluding carboxylic acids is 1. The Morgan fingerprint density at radius 1 is 1.32 bits per heavy atom. The predicted octanol–water partition coefficient (Wildman–Crippen LogP) is 3.92. The van der Waals surface area contributed by atoms with Crippen LogP contribution in [-0.2, 0) is 0 Å². The third kappa shape index (κ3) is 1.94. The Morgan fingerprint density at radius 2 is 2.00 bits per heavy atom. The van der Waals surface area contributed by atoms with Crippen LogP contribution in [0.2, 0.25) is 0 Å². The fourth-order valence-corrected chi connectivity index (χ4v) is 3.16. The lowest BCUT2D eigenvalue weighted by Crippen LogP contribution is -2.30. The number of alkyl halides is 1. The molecule has 19 heavy (non-hydrogen) atoms. The largest absolute Gasteiger partial charge is 0.294 e. The summed E-state index contributed by atoms with van der Waals surface area (Å²) in [5.74, 6) is 0.179. The van der Waals surface area contributed by atoms with Gasteiger partial charge in [-0.3, -0.25) is 4.79 Å². The molecule has 0 saturated carbocycles. The Balaban J connectivity index is 2.20. The molecule has 4 heteroatoms. The van der Waals surface area contributed by atoms with Gasteiger partial charge in [-0.25, -0.2) is 4.68 Å². The van der Waals surface area contributed by atoms with Crippen LogP contribution in [0.1, 0.15) is 41.1 Å². The van der Waals surface area contributed by atoms with Crippen LogP contribution < -0.4 is 0 Å². The number of hydrogen-bond donors (Lipinski definition) is 0. The first-order valence-electron chi connectivity index (χ1n) is 6.31. The number of para-hydroxylation sites is 1. The van der Waals surface area contributed by atoms with Gasteiger partial charge in [0.05, 0.1) is 28.0 Å². The Bertz CT molecular complexity index is 631. The highest BCUT2D eigenvalue weighted by atomic mass is 79.9. The minimum absolute atomic E-state index is 0.101. The van der Waals surface area contributed by atoms with E-state index in [1.54, 1.807) is 6.20 Å². The van der Waals surface area contributed by atoms with E-state index in [9.17, 15) is 4.79 Å². The highest BCUT2D eigenvalue weighted by Gasteiger charge is 2.41. The Morgan fingerprint density at radius 3 is 2.68 bits per heavy atom. The molecule has 1 heterocycles. The molecule has 0 bridgehead atoms. The van der Waals surface area contributed by atoms with Gasteiger partial charge in [-0.05, 0) is 17.5 Å². The summed E-state index contributed by atoms with van der Waals surface area (Å²) >= 11 is 3.75. The van der Waals surface area contributed by atoms with Crippen molar-refractivity contribution in [3.63, 3.8) is 0 Å². The molecule has 3 nitrogen and oxygen atoms in total. The highest BCUT2D eigenvalue weighted by Crippen LogP contribution is 2.48. The molecule has 1 atom stereocenters. The number of halogens is 1. The lowest BCUT2D eigenvalue weighted by Gasteiger charge is -2.34. The zero-order valence-corrected chi connectivity index (χ0v) is 12.5. The molecule has 2 aromatic rings. The molecular formula is C15H15BrN2O. The van der Waals surface area contributed by atoms with Gasteiger partial charge in [-0.1, -0.05) is 48.0 Å². The Hall–Kier alpha value is -1.42. The number of aromatic nitrogens is 2. The number of ketones is 1. The van der Waals surface area contributed by atoms with Gasteiger partial charge in [0.25, 0.3) is 0 Å². The summed E-state index contributed by atoms with van der Waals surface area (Å²) in [4.78, 5) is 12.3. The van der Waals surface area contributed by atoms with Gasteiger partial charge in [0.1, 0.15) is 0 Å². The summed E-state index contributed by atoms with van der Waals surface area (Å²) in [5, 5.41) is 4.40. The highest BCUT2D eigenvalue weighted by molar-refractivity contribution is 9.09. The monoisotopic (exact) mass is 318 g/mol. The third-order valence-electron chi connectivity index (χ3n) is 3.65.